The standard InChI is InChI=1S/C21H11Cl4NO3S/c22-14-4-2-5-15(23)13(14)10-26-20(27)18(30-21(26)28)9-11-7-8-17(29-11)12-3-1-6-16(24)19(12)25/h1-9H,10H2/b18-9-. The molecule has 1 aliphatic rings. The van der Waals surface area contributed by atoms with Gasteiger partial charge in [-0.15, -0.1) is 0 Å². The lowest BCUT2D eigenvalue weighted by Gasteiger charge is -2.14. The maximum Gasteiger partial charge on any atom is 0.293 e. The van der Waals surface area contributed by atoms with Crippen molar-refractivity contribution in [3.05, 3.63) is 84.9 Å². The lowest BCUT2D eigenvalue weighted by atomic mass is 10.2. The summed E-state index contributed by atoms with van der Waals surface area (Å²) in [6, 6.07) is 13.6. The smallest absolute Gasteiger partial charge is 0.293 e. The summed E-state index contributed by atoms with van der Waals surface area (Å²) in [7, 11) is 0. The molecule has 4 rings (SSSR count). The summed E-state index contributed by atoms with van der Waals surface area (Å²) in [5, 5.41) is 1.15. The predicted molar refractivity (Wildman–Crippen MR) is 122 cm³/mol. The molecule has 2 amide bonds. The minimum absolute atomic E-state index is 0.0119. The molecular weight excluding hydrogens is 488 g/mol. The minimum Gasteiger partial charge on any atom is -0.457 e. The van der Waals surface area contributed by atoms with Crippen LogP contribution in [0.2, 0.25) is 20.1 Å². The fourth-order valence-corrected chi connectivity index (χ4v) is 4.61. The topological polar surface area (TPSA) is 50.5 Å². The SMILES string of the molecule is O=C1S/C(=C\c2ccc(-c3cccc(Cl)c3Cl)o2)C(=O)N1Cc1c(Cl)cccc1Cl. The third-order valence-electron chi connectivity index (χ3n) is 4.37. The summed E-state index contributed by atoms with van der Waals surface area (Å²) in [4.78, 5) is 26.5. The highest BCUT2D eigenvalue weighted by Gasteiger charge is 2.36. The van der Waals surface area contributed by atoms with Crippen LogP contribution in [0.5, 0.6) is 0 Å². The van der Waals surface area contributed by atoms with E-state index in [-0.39, 0.29) is 11.4 Å². The van der Waals surface area contributed by atoms with Crippen LogP contribution in [0.3, 0.4) is 0 Å². The zero-order valence-corrected chi connectivity index (χ0v) is 18.8. The van der Waals surface area contributed by atoms with Crippen LogP contribution in [0.4, 0.5) is 4.79 Å². The third kappa shape index (κ3) is 4.13. The van der Waals surface area contributed by atoms with Gasteiger partial charge >= 0.3 is 0 Å². The highest BCUT2D eigenvalue weighted by Crippen LogP contribution is 2.38. The Kier molecular flexibility index (Phi) is 6.19. The Bertz CT molecular complexity index is 1180. The number of halogens is 4. The van der Waals surface area contributed by atoms with Crippen LogP contribution in [-0.2, 0) is 11.3 Å². The van der Waals surface area contributed by atoms with Gasteiger partial charge in [0, 0.05) is 27.2 Å². The molecule has 152 valence electrons. The molecule has 0 spiro atoms. The van der Waals surface area contributed by atoms with E-state index in [1.54, 1.807) is 48.5 Å². The molecule has 1 saturated heterocycles. The van der Waals surface area contributed by atoms with Crippen molar-refractivity contribution in [1.29, 1.82) is 0 Å². The number of thioether (sulfide) groups is 1. The first-order chi connectivity index (χ1) is 14.3. The average molecular weight is 499 g/mol. The molecule has 0 bridgehead atoms. The first kappa shape index (κ1) is 21.3. The number of amides is 2. The number of hydrogen-bond donors (Lipinski definition) is 0. The quantitative estimate of drug-likeness (QED) is 0.344. The van der Waals surface area contributed by atoms with Crippen LogP contribution in [0.1, 0.15) is 11.3 Å². The van der Waals surface area contributed by atoms with Gasteiger partial charge < -0.3 is 4.42 Å². The minimum atomic E-state index is -0.445. The molecule has 9 heteroatoms. The molecule has 1 aromatic heterocycles. The second kappa shape index (κ2) is 8.69. The second-order valence-corrected chi connectivity index (χ2v) is 8.86. The van der Waals surface area contributed by atoms with Gasteiger partial charge in [-0.05, 0) is 48.2 Å². The zero-order chi connectivity index (χ0) is 21.4. The van der Waals surface area contributed by atoms with Gasteiger partial charge in [-0.2, -0.15) is 0 Å². The lowest BCUT2D eigenvalue weighted by molar-refractivity contribution is -0.123. The van der Waals surface area contributed by atoms with E-state index in [2.05, 4.69) is 0 Å². The monoisotopic (exact) mass is 497 g/mol. The average Bonchev–Trinajstić information content (AvgIpc) is 3.26. The normalized spacial score (nSPS) is 15.5. The van der Waals surface area contributed by atoms with Crippen LogP contribution < -0.4 is 0 Å². The Labute approximate surface area is 196 Å². The van der Waals surface area contributed by atoms with E-state index in [0.29, 0.717) is 42.7 Å². The van der Waals surface area contributed by atoms with Gasteiger partial charge in [0.15, 0.2) is 0 Å². The van der Waals surface area contributed by atoms with Crippen LogP contribution in [0.25, 0.3) is 17.4 Å². The van der Waals surface area contributed by atoms with Crippen molar-refractivity contribution < 1.29 is 14.0 Å². The Morgan fingerprint density at radius 1 is 0.900 bits per heavy atom. The van der Waals surface area contributed by atoms with Gasteiger partial charge in [0.05, 0.1) is 21.5 Å². The number of carbonyl (C=O) groups is 2. The van der Waals surface area contributed by atoms with Crippen LogP contribution in [0.15, 0.2) is 57.9 Å². The van der Waals surface area contributed by atoms with Gasteiger partial charge in [0.1, 0.15) is 11.5 Å². The van der Waals surface area contributed by atoms with Crippen LogP contribution >= 0.6 is 58.2 Å². The number of carbonyl (C=O) groups excluding carboxylic acids is 2. The number of benzene rings is 2. The van der Waals surface area contributed by atoms with E-state index in [0.717, 1.165) is 16.7 Å². The van der Waals surface area contributed by atoms with Crippen molar-refractivity contribution >= 4 is 75.4 Å². The molecule has 1 fully saturated rings. The number of hydrogen-bond acceptors (Lipinski definition) is 4. The van der Waals surface area contributed by atoms with Gasteiger partial charge in [-0.25, -0.2) is 0 Å². The Balaban J connectivity index is 1.58. The fourth-order valence-electron chi connectivity index (χ4n) is 2.88. The lowest BCUT2D eigenvalue weighted by Crippen LogP contribution is -2.27. The summed E-state index contributed by atoms with van der Waals surface area (Å²) in [5.41, 5.74) is 1.14. The molecule has 0 radical (unpaired) electrons. The molecule has 0 N–H and O–H groups in total. The number of imide groups is 1. The van der Waals surface area contributed by atoms with E-state index >= 15 is 0 Å². The number of nitrogens with zero attached hydrogens (tertiary/aromatic N) is 1. The Morgan fingerprint density at radius 2 is 1.57 bits per heavy atom. The van der Waals surface area contributed by atoms with Gasteiger partial charge in [0.25, 0.3) is 11.1 Å². The summed E-state index contributed by atoms with van der Waals surface area (Å²) >= 11 is 25.4. The molecule has 1 aliphatic heterocycles. The Morgan fingerprint density at radius 3 is 2.30 bits per heavy atom. The highest BCUT2D eigenvalue weighted by molar-refractivity contribution is 8.18. The molecule has 2 aromatic carbocycles. The van der Waals surface area contributed by atoms with Crippen LogP contribution in [-0.4, -0.2) is 16.0 Å². The van der Waals surface area contributed by atoms with Crippen molar-refractivity contribution in [2.24, 2.45) is 0 Å². The summed E-state index contributed by atoms with van der Waals surface area (Å²) in [5.74, 6) is 0.456. The van der Waals surface area contributed by atoms with E-state index in [1.165, 1.54) is 6.08 Å². The van der Waals surface area contributed by atoms with Crippen molar-refractivity contribution in [1.82, 2.24) is 4.90 Å². The van der Waals surface area contributed by atoms with Gasteiger partial charge in [0.2, 0.25) is 0 Å². The second-order valence-electron chi connectivity index (χ2n) is 6.27. The van der Waals surface area contributed by atoms with Crippen LogP contribution in [0, 0.1) is 0 Å². The number of furan rings is 1. The van der Waals surface area contributed by atoms with Crippen molar-refractivity contribution in [2.45, 2.75) is 6.54 Å². The molecule has 2 heterocycles. The molecule has 0 aliphatic carbocycles. The van der Waals surface area contributed by atoms with E-state index in [4.69, 9.17) is 50.8 Å². The molecule has 0 atom stereocenters. The summed E-state index contributed by atoms with van der Waals surface area (Å²) in [6.45, 7) is -0.0119. The first-order valence-electron chi connectivity index (χ1n) is 8.57. The van der Waals surface area contributed by atoms with Gasteiger partial charge in [-0.3, -0.25) is 14.5 Å². The number of rotatable bonds is 4. The molecule has 4 nitrogen and oxygen atoms in total. The summed E-state index contributed by atoms with van der Waals surface area (Å²) < 4.78 is 5.79. The van der Waals surface area contributed by atoms with Crippen molar-refractivity contribution in [3.63, 3.8) is 0 Å². The maximum absolute atomic E-state index is 12.8. The molecule has 3 aromatic rings. The predicted octanol–water partition coefficient (Wildman–Crippen LogP) is 7.80. The van der Waals surface area contributed by atoms with E-state index in [9.17, 15) is 9.59 Å². The zero-order valence-electron chi connectivity index (χ0n) is 15.0. The third-order valence-corrected chi connectivity index (χ3v) is 6.80. The molecule has 30 heavy (non-hydrogen) atoms. The molecule has 0 unspecified atom stereocenters. The highest BCUT2D eigenvalue weighted by atomic mass is 35.5. The van der Waals surface area contributed by atoms with E-state index < -0.39 is 11.1 Å². The van der Waals surface area contributed by atoms with E-state index in [1.807, 2.05) is 0 Å². The largest absolute Gasteiger partial charge is 0.457 e. The van der Waals surface area contributed by atoms with Crippen molar-refractivity contribution in [3.8, 4) is 11.3 Å². The van der Waals surface area contributed by atoms with Crippen molar-refractivity contribution in [2.75, 3.05) is 0 Å². The molecule has 0 saturated carbocycles. The summed E-state index contributed by atoms with van der Waals surface area (Å²) in [6.07, 6.45) is 1.51. The fraction of sp³-hybridized carbons (Fsp3) is 0.0476. The Hall–Kier alpha value is -1.89. The molecular formula is C21H11Cl4NO3S. The first-order valence-corrected chi connectivity index (χ1v) is 10.9. The maximum atomic E-state index is 12.8. The van der Waals surface area contributed by atoms with Gasteiger partial charge in [-0.1, -0.05) is 58.5 Å².